The highest BCUT2D eigenvalue weighted by Gasteiger charge is 2.66. The van der Waals surface area contributed by atoms with Crippen molar-refractivity contribution in [2.75, 3.05) is 0 Å². The van der Waals surface area contributed by atoms with E-state index in [1.807, 2.05) is 0 Å². The Bertz CT molecular complexity index is 207. The standard InChI is InChI=1S/C8H8Cl2/c9-7-4-2-1-3-5(4)6(3)8(7)10/h1-8H/t3-,4+,5-,6-,7-,8-/m0/s1. The number of alkyl halides is 2. The Hall–Kier alpha value is 0.320. The lowest BCUT2D eigenvalue weighted by Gasteiger charge is -2.12. The predicted molar refractivity (Wildman–Crippen MR) is 42.4 cm³/mol. The van der Waals surface area contributed by atoms with Crippen molar-refractivity contribution in [2.45, 2.75) is 10.8 Å². The van der Waals surface area contributed by atoms with Crippen LogP contribution in [0.15, 0.2) is 12.2 Å². The minimum absolute atomic E-state index is 0.215. The molecule has 10 heavy (non-hydrogen) atoms. The Labute approximate surface area is 70.2 Å². The maximum atomic E-state index is 6.11. The number of hydrogen-bond acceptors (Lipinski definition) is 0. The number of fused-ring (bicyclic) bond motifs is 1. The van der Waals surface area contributed by atoms with Gasteiger partial charge in [0.05, 0.1) is 10.8 Å². The fourth-order valence-electron chi connectivity index (χ4n) is 2.71. The molecule has 0 unspecified atom stereocenters. The van der Waals surface area contributed by atoms with Crippen LogP contribution in [0, 0.1) is 23.7 Å². The molecule has 0 radical (unpaired) electrons. The van der Waals surface area contributed by atoms with Crippen molar-refractivity contribution < 1.29 is 0 Å². The summed E-state index contributed by atoms with van der Waals surface area (Å²) in [5.41, 5.74) is 0. The summed E-state index contributed by atoms with van der Waals surface area (Å²) in [6.07, 6.45) is 4.56. The second-order valence-corrected chi connectivity index (χ2v) is 4.59. The van der Waals surface area contributed by atoms with Gasteiger partial charge in [-0.1, -0.05) is 12.2 Å². The van der Waals surface area contributed by atoms with Gasteiger partial charge in [-0.05, 0) is 23.7 Å². The van der Waals surface area contributed by atoms with Gasteiger partial charge in [0.15, 0.2) is 0 Å². The summed E-state index contributed by atoms with van der Waals surface area (Å²) in [5.74, 6) is 2.99. The Morgan fingerprint density at radius 1 is 0.800 bits per heavy atom. The van der Waals surface area contributed by atoms with E-state index in [0.29, 0.717) is 5.92 Å². The van der Waals surface area contributed by atoms with E-state index in [0.717, 1.165) is 17.8 Å². The van der Waals surface area contributed by atoms with Crippen LogP contribution in [-0.4, -0.2) is 10.8 Å². The molecule has 0 nitrogen and oxygen atoms in total. The van der Waals surface area contributed by atoms with Crippen LogP contribution in [-0.2, 0) is 0 Å². The molecule has 2 saturated carbocycles. The fourth-order valence-corrected chi connectivity index (χ4v) is 3.63. The summed E-state index contributed by atoms with van der Waals surface area (Å²) in [5, 5.41) is 0.461. The molecular formula is C8H8Cl2. The van der Waals surface area contributed by atoms with Crippen molar-refractivity contribution in [3.8, 4) is 0 Å². The quantitative estimate of drug-likeness (QED) is 0.391. The average molecular weight is 175 g/mol. The maximum absolute atomic E-state index is 6.11. The molecule has 0 N–H and O–H groups in total. The lowest BCUT2D eigenvalue weighted by Crippen LogP contribution is -2.18. The second-order valence-electron chi connectivity index (χ2n) is 3.58. The van der Waals surface area contributed by atoms with Gasteiger partial charge in [-0.3, -0.25) is 0 Å². The second kappa shape index (κ2) is 1.56. The van der Waals surface area contributed by atoms with E-state index in [1.54, 1.807) is 0 Å². The van der Waals surface area contributed by atoms with Gasteiger partial charge in [0.25, 0.3) is 0 Å². The molecule has 0 aromatic heterocycles. The molecule has 2 fully saturated rings. The molecule has 54 valence electrons. The number of rotatable bonds is 0. The molecule has 3 rings (SSSR count). The third-order valence-electron chi connectivity index (χ3n) is 3.23. The van der Waals surface area contributed by atoms with Gasteiger partial charge < -0.3 is 0 Å². The number of halogens is 2. The van der Waals surface area contributed by atoms with Crippen LogP contribution in [0.25, 0.3) is 0 Å². The van der Waals surface area contributed by atoms with Crippen LogP contribution in [0.1, 0.15) is 0 Å². The molecule has 3 aliphatic carbocycles. The van der Waals surface area contributed by atoms with Crippen LogP contribution in [0.5, 0.6) is 0 Å². The smallest absolute Gasteiger partial charge is 0.0568 e. The summed E-state index contributed by atoms with van der Waals surface area (Å²) < 4.78 is 0. The van der Waals surface area contributed by atoms with Gasteiger partial charge in [-0.25, -0.2) is 0 Å². The Balaban J connectivity index is 2.03. The molecule has 0 aromatic carbocycles. The zero-order chi connectivity index (χ0) is 6.88. The molecule has 0 saturated heterocycles. The van der Waals surface area contributed by atoms with Crippen LogP contribution in [0.4, 0.5) is 0 Å². The van der Waals surface area contributed by atoms with E-state index in [4.69, 9.17) is 23.2 Å². The maximum Gasteiger partial charge on any atom is 0.0568 e. The summed E-state index contributed by atoms with van der Waals surface area (Å²) in [4.78, 5) is 0. The Morgan fingerprint density at radius 3 is 2.10 bits per heavy atom. The molecule has 0 spiro atoms. The summed E-state index contributed by atoms with van der Waals surface area (Å²) in [6, 6.07) is 0. The molecule has 0 heterocycles. The zero-order valence-corrected chi connectivity index (χ0v) is 6.89. The van der Waals surface area contributed by atoms with Crippen molar-refractivity contribution in [3.63, 3.8) is 0 Å². The van der Waals surface area contributed by atoms with E-state index in [9.17, 15) is 0 Å². The van der Waals surface area contributed by atoms with E-state index in [-0.39, 0.29) is 10.8 Å². The van der Waals surface area contributed by atoms with E-state index in [1.165, 1.54) is 0 Å². The lowest BCUT2D eigenvalue weighted by atomic mass is 10.1. The van der Waals surface area contributed by atoms with Gasteiger partial charge in [-0.2, -0.15) is 0 Å². The highest BCUT2D eigenvalue weighted by atomic mass is 35.5. The third kappa shape index (κ3) is 0.454. The zero-order valence-electron chi connectivity index (χ0n) is 5.37. The molecule has 0 amide bonds. The van der Waals surface area contributed by atoms with Crippen molar-refractivity contribution in [2.24, 2.45) is 23.7 Å². The van der Waals surface area contributed by atoms with Crippen molar-refractivity contribution >= 4 is 23.2 Å². The predicted octanol–water partition coefficient (Wildman–Crippen LogP) is 2.26. The van der Waals surface area contributed by atoms with E-state index in [2.05, 4.69) is 12.2 Å². The first kappa shape index (κ1) is 5.91. The van der Waals surface area contributed by atoms with Gasteiger partial charge in [0.2, 0.25) is 0 Å². The molecule has 2 heteroatoms. The molecule has 3 aliphatic rings. The van der Waals surface area contributed by atoms with Crippen LogP contribution >= 0.6 is 23.2 Å². The Kier molecular flexibility index (Phi) is 0.923. The third-order valence-corrected chi connectivity index (χ3v) is 4.49. The van der Waals surface area contributed by atoms with Crippen LogP contribution in [0.3, 0.4) is 0 Å². The summed E-state index contributed by atoms with van der Waals surface area (Å²) in [7, 11) is 0. The molecule has 6 atom stereocenters. The first-order valence-corrected chi connectivity index (χ1v) is 4.64. The van der Waals surface area contributed by atoms with E-state index >= 15 is 0 Å². The first-order valence-electron chi connectivity index (χ1n) is 3.77. The topological polar surface area (TPSA) is 0 Å². The SMILES string of the molecule is Cl[C@@H]1[C@@H](Cl)[C@H]2[C@H]3C=C[C@@H]1[C@H]32. The highest BCUT2D eigenvalue weighted by Crippen LogP contribution is 2.67. The normalized spacial score (nSPS) is 68.6. The van der Waals surface area contributed by atoms with Gasteiger partial charge in [0, 0.05) is 0 Å². The van der Waals surface area contributed by atoms with E-state index < -0.39 is 0 Å². The summed E-state index contributed by atoms with van der Waals surface area (Å²) >= 11 is 12.2. The fraction of sp³-hybridized carbons (Fsp3) is 0.750. The Morgan fingerprint density at radius 2 is 1.50 bits per heavy atom. The minimum Gasteiger partial charge on any atom is -0.121 e. The first-order chi connectivity index (χ1) is 4.80. The lowest BCUT2D eigenvalue weighted by molar-refractivity contribution is 0.597. The highest BCUT2D eigenvalue weighted by molar-refractivity contribution is 6.31. The van der Waals surface area contributed by atoms with Gasteiger partial charge in [0.1, 0.15) is 0 Å². The van der Waals surface area contributed by atoms with Crippen LogP contribution in [0.2, 0.25) is 0 Å². The van der Waals surface area contributed by atoms with Gasteiger partial charge >= 0.3 is 0 Å². The molecular weight excluding hydrogens is 167 g/mol. The average Bonchev–Trinajstić information content (AvgIpc) is 2.43. The minimum atomic E-state index is 0.215. The molecule has 0 aromatic rings. The number of allylic oxidation sites excluding steroid dienone is 2. The largest absolute Gasteiger partial charge is 0.121 e. The molecule has 0 aliphatic heterocycles. The van der Waals surface area contributed by atoms with Crippen molar-refractivity contribution in [3.05, 3.63) is 12.2 Å². The number of hydrogen-bond donors (Lipinski definition) is 0. The monoisotopic (exact) mass is 174 g/mol. The van der Waals surface area contributed by atoms with Gasteiger partial charge in [-0.15, -0.1) is 23.2 Å². The molecule has 0 bridgehead atoms. The summed E-state index contributed by atoms with van der Waals surface area (Å²) in [6.45, 7) is 0. The van der Waals surface area contributed by atoms with Crippen molar-refractivity contribution in [1.82, 2.24) is 0 Å². The van der Waals surface area contributed by atoms with Crippen LogP contribution < -0.4 is 0 Å². The van der Waals surface area contributed by atoms with Crippen molar-refractivity contribution in [1.29, 1.82) is 0 Å².